The van der Waals surface area contributed by atoms with Gasteiger partial charge in [-0.3, -0.25) is 4.79 Å². The average Bonchev–Trinajstić information content (AvgIpc) is 3.02. The normalized spacial score (nSPS) is 11.3. The molecule has 0 spiro atoms. The lowest BCUT2D eigenvalue weighted by atomic mass is 10.1. The summed E-state index contributed by atoms with van der Waals surface area (Å²) in [5.41, 5.74) is 1.23. The molecule has 10 heteroatoms. The minimum absolute atomic E-state index is 0.0345. The summed E-state index contributed by atoms with van der Waals surface area (Å²) in [6, 6.07) is 5.48. The molecule has 2 aromatic rings. The lowest BCUT2D eigenvalue weighted by molar-refractivity contribution is -0.121. The molecule has 0 saturated carbocycles. The molecule has 1 heterocycles. The van der Waals surface area contributed by atoms with E-state index in [0.717, 1.165) is 5.56 Å². The van der Waals surface area contributed by atoms with Gasteiger partial charge in [0.05, 0.1) is 14.2 Å². The van der Waals surface area contributed by atoms with Crippen LogP contribution >= 0.6 is 0 Å². The van der Waals surface area contributed by atoms with Crippen molar-refractivity contribution in [2.45, 2.75) is 31.6 Å². The first-order chi connectivity index (χ1) is 13.3. The lowest BCUT2D eigenvalue weighted by Crippen LogP contribution is -2.35. The maximum atomic E-state index is 12.3. The highest BCUT2D eigenvalue weighted by molar-refractivity contribution is 7.89. The van der Waals surface area contributed by atoms with Crippen molar-refractivity contribution in [3.05, 3.63) is 35.2 Å². The Balaban J connectivity index is 1.77. The van der Waals surface area contributed by atoms with E-state index in [1.54, 1.807) is 27.2 Å². The molecule has 2 rings (SSSR count). The molecule has 28 heavy (non-hydrogen) atoms. The number of benzene rings is 1. The van der Waals surface area contributed by atoms with Crippen molar-refractivity contribution >= 4 is 15.9 Å². The number of ether oxygens (including phenoxy) is 2. The van der Waals surface area contributed by atoms with E-state index in [2.05, 4.69) is 15.2 Å². The Kier molecular flexibility index (Phi) is 7.41. The Bertz CT molecular complexity index is 904. The van der Waals surface area contributed by atoms with E-state index < -0.39 is 10.0 Å². The summed E-state index contributed by atoms with van der Waals surface area (Å²) in [7, 11) is -0.615. The Hall–Kier alpha value is -2.59. The monoisotopic (exact) mass is 411 g/mol. The molecular formula is C18H25N3O6S. The number of aromatic nitrogens is 1. The third kappa shape index (κ3) is 5.46. The zero-order valence-corrected chi connectivity index (χ0v) is 17.2. The number of carbonyl (C=O) groups is 1. The fourth-order valence-electron chi connectivity index (χ4n) is 2.70. The predicted octanol–water partition coefficient (Wildman–Crippen LogP) is 1.34. The van der Waals surface area contributed by atoms with Crippen molar-refractivity contribution < 1.29 is 27.2 Å². The molecule has 0 bridgehead atoms. The first-order valence-electron chi connectivity index (χ1n) is 8.68. The Morgan fingerprint density at radius 2 is 1.86 bits per heavy atom. The van der Waals surface area contributed by atoms with Crippen molar-refractivity contribution in [3.63, 3.8) is 0 Å². The molecule has 0 aliphatic heterocycles. The van der Waals surface area contributed by atoms with Gasteiger partial charge in [0, 0.05) is 19.5 Å². The van der Waals surface area contributed by atoms with Crippen LogP contribution in [0.1, 0.15) is 23.4 Å². The number of methoxy groups -OCH3 is 2. The van der Waals surface area contributed by atoms with Crippen LogP contribution in [0.15, 0.2) is 27.6 Å². The molecule has 0 radical (unpaired) electrons. The van der Waals surface area contributed by atoms with Crippen molar-refractivity contribution in [3.8, 4) is 11.5 Å². The van der Waals surface area contributed by atoms with Gasteiger partial charge in [-0.25, -0.2) is 13.1 Å². The number of carbonyl (C=O) groups excluding carboxylic acids is 1. The summed E-state index contributed by atoms with van der Waals surface area (Å²) in [6.45, 7) is 3.33. The standard InChI is InChI=1S/C18H25N3O6S/c1-12-18(13(2)27-21-12)28(23,24)20-10-9-19-17(22)8-6-14-5-7-15(25-3)16(11-14)26-4/h5,7,11,20H,6,8-10H2,1-4H3,(H,19,22). The Morgan fingerprint density at radius 1 is 1.14 bits per heavy atom. The zero-order valence-electron chi connectivity index (χ0n) is 16.4. The SMILES string of the molecule is COc1ccc(CCC(=O)NCCNS(=O)(=O)c2c(C)noc2C)cc1OC. The maximum absolute atomic E-state index is 12.3. The van der Waals surface area contributed by atoms with Crippen LogP contribution in [0.4, 0.5) is 0 Å². The van der Waals surface area contributed by atoms with Gasteiger partial charge < -0.3 is 19.3 Å². The van der Waals surface area contributed by atoms with Gasteiger partial charge in [-0.2, -0.15) is 0 Å². The molecule has 154 valence electrons. The van der Waals surface area contributed by atoms with Crippen molar-refractivity contribution in [1.29, 1.82) is 0 Å². The largest absolute Gasteiger partial charge is 0.493 e. The number of aryl methyl sites for hydroxylation is 3. The summed E-state index contributed by atoms with van der Waals surface area (Å²) < 4.78 is 42.2. The molecule has 0 aliphatic rings. The van der Waals surface area contributed by atoms with E-state index in [1.807, 2.05) is 12.1 Å². The quantitative estimate of drug-likeness (QED) is 0.566. The number of nitrogens with one attached hydrogen (secondary N) is 2. The van der Waals surface area contributed by atoms with Crippen LogP contribution in [0, 0.1) is 13.8 Å². The van der Waals surface area contributed by atoms with Crippen molar-refractivity contribution in [2.75, 3.05) is 27.3 Å². The first-order valence-corrected chi connectivity index (χ1v) is 10.2. The van der Waals surface area contributed by atoms with Gasteiger partial charge in [-0.1, -0.05) is 11.2 Å². The smallest absolute Gasteiger partial charge is 0.246 e. The van der Waals surface area contributed by atoms with Crippen LogP contribution in [0.25, 0.3) is 0 Å². The molecule has 1 aromatic heterocycles. The predicted molar refractivity (Wildman–Crippen MR) is 102 cm³/mol. The molecule has 9 nitrogen and oxygen atoms in total. The Labute approximate surface area is 164 Å². The summed E-state index contributed by atoms with van der Waals surface area (Å²) in [4.78, 5) is 12.0. The van der Waals surface area contributed by atoms with E-state index in [4.69, 9.17) is 14.0 Å². The second-order valence-electron chi connectivity index (χ2n) is 6.09. The number of sulfonamides is 1. The molecule has 0 atom stereocenters. The van der Waals surface area contributed by atoms with Gasteiger partial charge in [0.1, 0.15) is 10.6 Å². The zero-order chi connectivity index (χ0) is 20.7. The molecular weight excluding hydrogens is 386 g/mol. The van der Waals surface area contributed by atoms with E-state index >= 15 is 0 Å². The van der Waals surface area contributed by atoms with E-state index in [9.17, 15) is 13.2 Å². The molecule has 0 unspecified atom stereocenters. The van der Waals surface area contributed by atoms with Crippen LogP contribution in [0.3, 0.4) is 0 Å². The average molecular weight is 411 g/mol. The number of hydrogen-bond acceptors (Lipinski definition) is 7. The van der Waals surface area contributed by atoms with Gasteiger partial charge >= 0.3 is 0 Å². The van der Waals surface area contributed by atoms with E-state index in [-0.39, 0.29) is 36.1 Å². The maximum Gasteiger partial charge on any atom is 0.246 e. The Morgan fingerprint density at radius 3 is 2.46 bits per heavy atom. The minimum atomic E-state index is -3.73. The van der Waals surface area contributed by atoms with Gasteiger partial charge in [0.15, 0.2) is 17.3 Å². The second-order valence-corrected chi connectivity index (χ2v) is 7.79. The van der Waals surface area contributed by atoms with Crippen LogP contribution in [-0.4, -0.2) is 46.8 Å². The minimum Gasteiger partial charge on any atom is -0.493 e. The van der Waals surface area contributed by atoms with Crippen LogP contribution in [0.5, 0.6) is 11.5 Å². The molecule has 0 aliphatic carbocycles. The topological polar surface area (TPSA) is 120 Å². The van der Waals surface area contributed by atoms with Gasteiger partial charge in [0.25, 0.3) is 0 Å². The number of rotatable bonds is 10. The van der Waals surface area contributed by atoms with Crippen LogP contribution in [-0.2, 0) is 21.2 Å². The van der Waals surface area contributed by atoms with E-state index in [1.165, 1.54) is 6.92 Å². The van der Waals surface area contributed by atoms with Gasteiger partial charge in [-0.05, 0) is 38.0 Å². The molecule has 1 amide bonds. The second kappa shape index (κ2) is 9.56. The van der Waals surface area contributed by atoms with Gasteiger partial charge in [-0.15, -0.1) is 0 Å². The molecule has 1 aromatic carbocycles. The van der Waals surface area contributed by atoms with Crippen molar-refractivity contribution in [1.82, 2.24) is 15.2 Å². The number of hydrogen-bond donors (Lipinski definition) is 2. The van der Waals surface area contributed by atoms with Gasteiger partial charge in [0.2, 0.25) is 15.9 Å². The number of amides is 1. The van der Waals surface area contributed by atoms with Crippen LogP contribution in [0.2, 0.25) is 0 Å². The highest BCUT2D eigenvalue weighted by atomic mass is 32.2. The van der Waals surface area contributed by atoms with Crippen LogP contribution < -0.4 is 19.5 Å². The summed E-state index contributed by atoms with van der Waals surface area (Å²) in [5, 5.41) is 6.32. The highest BCUT2D eigenvalue weighted by Crippen LogP contribution is 2.27. The third-order valence-corrected chi connectivity index (χ3v) is 5.77. The fraction of sp³-hybridized carbons (Fsp3) is 0.444. The van der Waals surface area contributed by atoms with E-state index in [0.29, 0.717) is 23.6 Å². The van der Waals surface area contributed by atoms with Crippen molar-refractivity contribution in [2.24, 2.45) is 0 Å². The summed E-state index contributed by atoms with van der Waals surface area (Å²) in [6.07, 6.45) is 0.795. The molecule has 0 fully saturated rings. The summed E-state index contributed by atoms with van der Waals surface area (Å²) in [5.74, 6) is 1.28. The first kappa shape index (κ1) is 21.7. The molecule has 2 N–H and O–H groups in total. The highest BCUT2D eigenvalue weighted by Gasteiger charge is 2.23. The number of nitrogens with zero attached hydrogens (tertiary/aromatic N) is 1. The lowest BCUT2D eigenvalue weighted by Gasteiger charge is -2.10. The summed E-state index contributed by atoms with van der Waals surface area (Å²) >= 11 is 0. The fourth-order valence-corrected chi connectivity index (χ4v) is 4.06. The molecule has 0 saturated heterocycles. The third-order valence-electron chi connectivity index (χ3n) is 4.06.